The summed E-state index contributed by atoms with van der Waals surface area (Å²) < 4.78 is 0. The summed E-state index contributed by atoms with van der Waals surface area (Å²) >= 11 is 0. The number of anilines is 1. The highest BCUT2D eigenvalue weighted by atomic mass is 16.3. The molecule has 5 heteroatoms. The van der Waals surface area contributed by atoms with Crippen LogP contribution in [-0.4, -0.2) is 16.2 Å². The van der Waals surface area contributed by atoms with Crippen LogP contribution in [0.4, 0.5) is 10.5 Å². The van der Waals surface area contributed by atoms with E-state index in [1.165, 1.54) is 11.1 Å². The number of urea groups is 1. The van der Waals surface area contributed by atoms with Crippen LogP contribution in [0.5, 0.6) is 11.5 Å². The highest BCUT2D eigenvalue weighted by Gasteiger charge is 2.17. The Balaban J connectivity index is 1.58. The van der Waals surface area contributed by atoms with Crippen molar-refractivity contribution in [3.63, 3.8) is 0 Å². The minimum Gasteiger partial charge on any atom is -0.508 e. The number of primary amides is 1. The molecule has 0 saturated heterocycles. The van der Waals surface area contributed by atoms with Crippen molar-refractivity contribution in [1.82, 2.24) is 0 Å². The first-order valence-corrected chi connectivity index (χ1v) is 12.2. The summed E-state index contributed by atoms with van der Waals surface area (Å²) in [6.45, 7) is 2.18. The average Bonchev–Trinajstić information content (AvgIpc) is 2.89. The molecule has 5 nitrogen and oxygen atoms in total. The normalized spacial score (nSPS) is 11.8. The van der Waals surface area contributed by atoms with Gasteiger partial charge in [-0.3, -0.25) is 0 Å². The Hall–Kier alpha value is -4.77. The zero-order valence-corrected chi connectivity index (χ0v) is 20.5. The Kier molecular flexibility index (Phi) is 6.52. The number of nitrogens with one attached hydrogen (secondary N) is 1. The van der Waals surface area contributed by atoms with E-state index < -0.39 is 6.03 Å². The molecule has 5 aromatic carbocycles. The molecule has 0 aliphatic carbocycles. The largest absolute Gasteiger partial charge is 0.508 e. The predicted octanol–water partition coefficient (Wildman–Crippen LogP) is 7.15. The van der Waals surface area contributed by atoms with Gasteiger partial charge in [-0.2, -0.15) is 0 Å². The lowest BCUT2D eigenvalue weighted by Gasteiger charge is -2.20. The Morgan fingerprint density at radius 2 is 1.54 bits per heavy atom. The molecule has 1 atom stereocenters. The van der Waals surface area contributed by atoms with Gasteiger partial charge in [0.2, 0.25) is 0 Å². The molecular weight excluding hydrogens is 460 g/mol. The summed E-state index contributed by atoms with van der Waals surface area (Å²) in [5.41, 5.74) is 12.7. The fraction of sp³-hybridized carbons (Fsp3) is 0.0938. The highest BCUT2D eigenvalue weighted by Crippen LogP contribution is 2.36. The molecule has 0 aliphatic heterocycles. The van der Waals surface area contributed by atoms with Gasteiger partial charge in [-0.25, -0.2) is 4.79 Å². The SMILES string of the molecule is CC(c1ccc(NC(N)=O)cc1)c1ccccc1Cc1c(-c2ccc(O)cc2)ccc2cc(O)ccc12. The molecule has 0 fully saturated rings. The van der Waals surface area contributed by atoms with E-state index in [2.05, 4.69) is 42.6 Å². The van der Waals surface area contributed by atoms with Crippen LogP contribution in [0, 0.1) is 0 Å². The van der Waals surface area contributed by atoms with Gasteiger partial charge in [0.15, 0.2) is 0 Å². The number of phenols is 2. The number of benzene rings is 5. The van der Waals surface area contributed by atoms with Crippen LogP contribution >= 0.6 is 0 Å². The number of aromatic hydroxyl groups is 2. The predicted molar refractivity (Wildman–Crippen MR) is 149 cm³/mol. The molecule has 0 radical (unpaired) electrons. The number of nitrogens with two attached hydrogens (primary N) is 1. The van der Waals surface area contributed by atoms with Crippen LogP contribution in [0.15, 0.2) is 103 Å². The fourth-order valence-corrected chi connectivity index (χ4v) is 4.97. The maximum atomic E-state index is 11.2. The van der Waals surface area contributed by atoms with Crippen molar-refractivity contribution in [2.24, 2.45) is 5.73 Å². The van der Waals surface area contributed by atoms with Crippen LogP contribution in [0.3, 0.4) is 0 Å². The molecule has 37 heavy (non-hydrogen) atoms. The Labute approximate surface area is 215 Å². The monoisotopic (exact) mass is 488 g/mol. The lowest BCUT2D eigenvalue weighted by Crippen LogP contribution is -2.19. The average molecular weight is 489 g/mol. The number of hydrogen-bond acceptors (Lipinski definition) is 3. The molecular formula is C32H28N2O3. The molecule has 5 aromatic rings. The second-order valence-corrected chi connectivity index (χ2v) is 9.25. The van der Waals surface area contributed by atoms with E-state index in [1.54, 1.807) is 24.3 Å². The Morgan fingerprint density at radius 3 is 2.27 bits per heavy atom. The number of phenolic OH excluding ortho intramolecular Hbond substituents is 2. The summed E-state index contributed by atoms with van der Waals surface area (Å²) in [4.78, 5) is 11.2. The van der Waals surface area contributed by atoms with Crippen molar-refractivity contribution in [3.05, 3.63) is 125 Å². The van der Waals surface area contributed by atoms with Gasteiger partial charge in [-0.15, -0.1) is 0 Å². The van der Waals surface area contributed by atoms with Gasteiger partial charge in [0.25, 0.3) is 0 Å². The van der Waals surface area contributed by atoms with Crippen molar-refractivity contribution in [2.45, 2.75) is 19.3 Å². The first-order valence-electron chi connectivity index (χ1n) is 12.2. The van der Waals surface area contributed by atoms with Gasteiger partial charge in [-0.05, 0) is 87.0 Å². The van der Waals surface area contributed by atoms with E-state index in [0.717, 1.165) is 33.0 Å². The van der Waals surface area contributed by atoms with Gasteiger partial charge in [0.05, 0.1) is 0 Å². The number of fused-ring (bicyclic) bond motifs is 1. The van der Waals surface area contributed by atoms with E-state index in [9.17, 15) is 15.0 Å². The standard InChI is InChI=1S/C32H28N2O3/c1-20(21-6-11-25(12-7-21)34-32(33)37)28-5-3-2-4-23(28)19-31-29(22-8-13-26(35)14-9-22)16-10-24-18-27(36)15-17-30(24)31/h2-18,20,35-36H,19H2,1H3,(H3,33,34,37). The highest BCUT2D eigenvalue weighted by molar-refractivity contribution is 5.93. The molecule has 0 aromatic heterocycles. The second kappa shape index (κ2) is 10.1. The summed E-state index contributed by atoms with van der Waals surface area (Å²) in [5, 5.41) is 24.6. The first-order chi connectivity index (χ1) is 17.9. The van der Waals surface area contributed by atoms with Crippen LogP contribution in [0.1, 0.15) is 35.1 Å². The van der Waals surface area contributed by atoms with Crippen LogP contribution < -0.4 is 11.1 Å². The van der Waals surface area contributed by atoms with E-state index in [4.69, 9.17) is 5.73 Å². The van der Waals surface area contributed by atoms with E-state index in [0.29, 0.717) is 12.1 Å². The molecule has 0 aliphatic rings. The first kappa shape index (κ1) is 23.9. The molecule has 5 rings (SSSR count). The van der Waals surface area contributed by atoms with E-state index in [1.807, 2.05) is 48.5 Å². The second-order valence-electron chi connectivity index (χ2n) is 9.25. The van der Waals surface area contributed by atoms with Crippen LogP contribution in [0.2, 0.25) is 0 Å². The molecule has 0 heterocycles. The van der Waals surface area contributed by atoms with E-state index in [-0.39, 0.29) is 17.4 Å². The van der Waals surface area contributed by atoms with Crippen molar-refractivity contribution < 1.29 is 15.0 Å². The fourth-order valence-electron chi connectivity index (χ4n) is 4.97. The van der Waals surface area contributed by atoms with Gasteiger partial charge < -0.3 is 21.3 Å². The molecule has 184 valence electrons. The molecule has 0 spiro atoms. The van der Waals surface area contributed by atoms with Crippen molar-refractivity contribution in [2.75, 3.05) is 5.32 Å². The number of rotatable bonds is 6. The molecule has 2 amide bonds. The van der Waals surface area contributed by atoms with Crippen molar-refractivity contribution >= 4 is 22.5 Å². The molecule has 0 bridgehead atoms. The molecule has 0 saturated carbocycles. The summed E-state index contributed by atoms with van der Waals surface area (Å²) in [6.07, 6.45) is 0.695. The third-order valence-electron chi connectivity index (χ3n) is 6.86. The topological polar surface area (TPSA) is 95.6 Å². The summed E-state index contributed by atoms with van der Waals surface area (Å²) in [5.74, 6) is 0.585. The third-order valence-corrected chi connectivity index (χ3v) is 6.86. The zero-order chi connectivity index (χ0) is 25.9. The number of carbonyl (C=O) groups is 1. The quantitative estimate of drug-likeness (QED) is 0.204. The van der Waals surface area contributed by atoms with Crippen molar-refractivity contribution in [3.8, 4) is 22.6 Å². The van der Waals surface area contributed by atoms with Gasteiger partial charge >= 0.3 is 6.03 Å². The minimum atomic E-state index is -0.584. The van der Waals surface area contributed by atoms with Gasteiger partial charge in [0, 0.05) is 11.6 Å². The van der Waals surface area contributed by atoms with Crippen LogP contribution in [0.25, 0.3) is 21.9 Å². The number of hydrogen-bond donors (Lipinski definition) is 4. The number of amides is 2. The smallest absolute Gasteiger partial charge is 0.316 e. The minimum absolute atomic E-state index is 0.120. The summed E-state index contributed by atoms with van der Waals surface area (Å²) in [7, 11) is 0. The van der Waals surface area contributed by atoms with Gasteiger partial charge in [0.1, 0.15) is 11.5 Å². The number of carbonyl (C=O) groups excluding carboxylic acids is 1. The van der Waals surface area contributed by atoms with E-state index >= 15 is 0 Å². The lowest BCUT2D eigenvalue weighted by atomic mass is 9.84. The maximum Gasteiger partial charge on any atom is 0.316 e. The van der Waals surface area contributed by atoms with Crippen molar-refractivity contribution in [1.29, 1.82) is 0 Å². The van der Waals surface area contributed by atoms with Gasteiger partial charge in [-0.1, -0.05) is 73.7 Å². The summed E-state index contributed by atoms with van der Waals surface area (Å²) in [6, 6.07) is 32.4. The molecule has 1 unspecified atom stereocenters. The van der Waals surface area contributed by atoms with Crippen LogP contribution in [-0.2, 0) is 6.42 Å². The lowest BCUT2D eigenvalue weighted by molar-refractivity contribution is 0.259. The molecule has 5 N–H and O–H groups in total. The zero-order valence-electron chi connectivity index (χ0n) is 20.5. The Bertz CT molecular complexity index is 1580. The third kappa shape index (κ3) is 5.11. The maximum absolute atomic E-state index is 11.2. The Morgan fingerprint density at radius 1 is 0.838 bits per heavy atom.